The largest absolute Gasteiger partial charge is 0.508 e. The molecule has 1 aliphatic rings. The van der Waals surface area contributed by atoms with Gasteiger partial charge in [0.15, 0.2) is 0 Å². The van der Waals surface area contributed by atoms with Crippen LogP contribution in [-0.2, 0) is 24.1 Å². The third kappa shape index (κ3) is 2.42. The summed E-state index contributed by atoms with van der Waals surface area (Å²) in [5.41, 5.74) is 8.61. The van der Waals surface area contributed by atoms with Crippen LogP contribution in [0.3, 0.4) is 0 Å². The van der Waals surface area contributed by atoms with E-state index in [1.807, 2.05) is 0 Å². The molecule has 0 radical (unpaired) electrons. The Labute approximate surface area is 100 Å². The van der Waals surface area contributed by atoms with Crippen LogP contribution in [0.5, 0.6) is 5.75 Å². The lowest BCUT2D eigenvalue weighted by molar-refractivity contribution is -0.138. The molecule has 0 amide bonds. The predicted octanol–water partition coefficient (Wildman–Crippen LogP) is 1.23. The van der Waals surface area contributed by atoms with Crippen molar-refractivity contribution in [1.82, 2.24) is 0 Å². The summed E-state index contributed by atoms with van der Waals surface area (Å²) in [7, 11) is 0. The van der Waals surface area contributed by atoms with Gasteiger partial charge in [0.25, 0.3) is 0 Å². The normalized spacial score (nSPS) is 16.3. The summed E-state index contributed by atoms with van der Waals surface area (Å²) in [5, 5.41) is 18.6. The lowest BCUT2D eigenvalue weighted by Crippen LogP contribution is -2.32. The molecule has 0 bridgehead atoms. The molecule has 1 aliphatic carbocycles. The number of carboxylic acids is 1. The number of phenols is 1. The molecule has 4 N–H and O–H groups in total. The highest BCUT2D eigenvalue weighted by Gasteiger charge is 2.20. The van der Waals surface area contributed by atoms with Gasteiger partial charge in [0.2, 0.25) is 0 Å². The Morgan fingerprint density at radius 3 is 2.59 bits per heavy atom. The number of fused-ring (bicyclic) bond motifs is 1. The van der Waals surface area contributed by atoms with Gasteiger partial charge in [-0.15, -0.1) is 0 Å². The summed E-state index contributed by atoms with van der Waals surface area (Å²) in [6, 6.07) is 2.57. The van der Waals surface area contributed by atoms with Crippen molar-refractivity contribution >= 4 is 5.97 Å². The second-order valence-corrected chi connectivity index (χ2v) is 4.56. The standard InChI is InChI=1S/C13H17NO3/c14-11(13(16)17)7-8-5-6-12(15)10-4-2-1-3-9(8)10/h5-6,11,15H,1-4,7,14H2,(H,16,17)/t11-/m0/s1. The van der Waals surface area contributed by atoms with Crippen LogP contribution in [0, 0.1) is 0 Å². The minimum atomic E-state index is -0.984. The number of aliphatic carboxylic acids is 1. The Morgan fingerprint density at radius 1 is 1.29 bits per heavy atom. The van der Waals surface area contributed by atoms with Crippen LogP contribution in [0.15, 0.2) is 12.1 Å². The Balaban J connectivity index is 2.32. The monoisotopic (exact) mass is 235 g/mol. The highest BCUT2D eigenvalue weighted by Crippen LogP contribution is 2.31. The van der Waals surface area contributed by atoms with Crippen molar-refractivity contribution in [3.63, 3.8) is 0 Å². The molecule has 0 aromatic heterocycles. The van der Waals surface area contributed by atoms with Crippen LogP contribution in [0.25, 0.3) is 0 Å². The summed E-state index contributed by atoms with van der Waals surface area (Å²) in [5.74, 6) is -0.657. The fourth-order valence-corrected chi connectivity index (χ4v) is 2.44. The smallest absolute Gasteiger partial charge is 0.320 e. The molecule has 1 aromatic carbocycles. The van der Waals surface area contributed by atoms with E-state index >= 15 is 0 Å². The van der Waals surface area contributed by atoms with Crippen molar-refractivity contribution in [1.29, 1.82) is 0 Å². The fraction of sp³-hybridized carbons (Fsp3) is 0.462. The van der Waals surface area contributed by atoms with E-state index in [0.29, 0.717) is 12.2 Å². The Bertz CT molecular complexity index is 443. The number of nitrogens with two attached hydrogens (primary N) is 1. The Kier molecular flexibility index (Phi) is 3.33. The van der Waals surface area contributed by atoms with E-state index in [1.165, 1.54) is 0 Å². The lowest BCUT2D eigenvalue weighted by atomic mass is 9.85. The molecule has 0 saturated heterocycles. The molecule has 4 heteroatoms. The molecule has 92 valence electrons. The van der Waals surface area contributed by atoms with Crippen molar-refractivity contribution in [2.75, 3.05) is 0 Å². The summed E-state index contributed by atoms with van der Waals surface area (Å²) in [6.45, 7) is 0. The Hall–Kier alpha value is -1.55. The zero-order chi connectivity index (χ0) is 12.4. The molecule has 17 heavy (non-hydrogen) atoms. The first kappa shape index (κ1) is 11.9. The van der Waals surface area contributed by atoms with E-state index in [9.17, 15) is 9.90 Å². The van der Waals surface area contributed by atoms with E-state index in [-0.39, 0.29) is 0 Å². The third-order valence-corrected chi connectivity index (χ3v) is 3.36. The van der Waals surface area contributed by atoms with Gasteiger partial charge in [-0.05, 0) is 54.9 Å². The summed E-state index contributed by atoms with van der Waals surface area (Å²) < 4.78 is 0. The zero-order valence-electron chi connectivity index (χ0n) is 9.65. The zero-order valence-corrected chi connectivity index (χ0v) is 9.65. The van der Waals surface area contributed by atoms with Gasteiger partial charge < -0.3 is 15.9 Å². The fourth-order valence-electron chi connectivity index (χ4n) is 2.44. The SMILES string of the molecule is N[C@@H](Cc1ccc(O)c2c1CCCC2)C(=O)O. The second kappa shape index (κ2) is 4.75. The van der Waals surface area contributed by atoms with Gasteiger partial charge in [-0.2, -0.15) is 0 Å². The number of phenolic OH excluding ortho intramolecular Hbond substituents is 1. The van der Waals surface area contributed by atoms with Gasteiger partial charge in [0.05, 0.1) is 0 Å². The van der Waals surface area contributed by atoms with Crippen molar-refractivity contribution < 1.29 is 15.0 Å². The number of hydrogen-bond acceptors (Lipinski definition) is 3. The van der Waals surface area contributed by atoms with Gasteiger partial charge in [-0.1, -0.05) is 6.07 Å². The number of carbonyl (C=O) groups is 1. The molecule has 0 unspecified atom stereocenters. The first-order valence-corrected chi connectivity index (χ1v) is 5.90. The van der Waals surface area contributed by atoms with E-state index < -0.39 is 12.0 Å². The van der Waals surface area contributed by atoms with Gasteiger partial charge in [-0.25, -0.2) is 0 Å². The Morgan fingerprint density at radius 2 is 1.94 bits per heavy atom. The topological polar surface area (TPSA) is 83.5 Å². The third-order valence-electron chi connectivity index (χ3n) is 3.36. The minimum Gasteiger partial charge on any atom is -0.508 e. The quantitative estimate of drug-likeness (QED) is 0.735. The highest BCUT2D eigenvalue weighted by molar-refractivity contribution is 5.73. The summed E-state index contributed by atoms with van der Waals surface area (Å²) in [6.07, 6.45) is 4.28. The lowest BCUT2D eigenvalue weighted by Gasteiger charge is -2.21. The molecular weight excluding hydrogens is 218 g/mol. The molecule has 1 atom stereocenters. The van der Waals surface area contributed by atoms with E-state index in [0.717, 1.165) is 42.4 Å². The summed E-state index contributed by atoms with van der Waals surface area (Å²) in [4.78, 5) is 10.8. The van der Waals surface area contributed by atoms with Crippen LogP contribution in [0.2, 0.25) is 0 Å². The highest BCUT2D eigenvalue weighted by atomic mass is 16.4. The number of aromatic hydroxyl groups is 1. The maximum absolute atomic E-state index is 10.8. The average Bonchev–Trinajstić information content (AvgIpc) is 2.33. The average molecular weight is 235 g/mol. The van der Waals surface area contributed by atoms with E-state index in [1.54, 1.807) is 12.1 Å². The van der Waals surface area contributed by atoms with Crippen molar-refractivity contribution in [2.24, 2.45) is 5.73 Å². The molecule has 4 nitrogen and oxygen atoms in total. The van der Waals surface area contributed by atoms with Crippen LogP contribution >= 0.6 is 0 Å². The maximum Gasteiger partial charge on any atom is 0.320 e. The number of hydrogen-bond donors (Lipinski definition) is 3. The van der Waals surface area contributed by atoms with Crippen LogP contribution < -0.4 is 5.73 Å². The minimum absolute atomic E-state index is 0.326. The molecular formula is C13H17NO3. The first-order valence-electron chi connectivity index (χ1n) is 5.90. The molecule has 0 heterocycles. The van der Waals surface area contributed by atoms with Gasteiger partial charge >= 0.3 is 5.97 Å². The van der Waals surface area contributed by atoms with Crippen LogP contribution in [-0.4, -0.2) is 22.2 Å². The van der Waals surface area contributed by atoms with Crippen LogP contribution in [0.1, 0.15) is 29.5 Å². The van der Waals surface area contributed by atoms with E-state index in [4.69, 9.17) is 10.8 Å². The number of carboxylic acid groups (broad SMARTS) is 1. The second-order valence-electron chi connectivity index (χ2n) is 4.56. The van der Waals surface area contributed by atoms with Crippen LogP contribution in [0.4, 0.5) is 0 Å². The van der Waals surface area contributed by atoms with Gasteiger partial charge in [-0.3, -0.25) is 4.79 Å². The molecule has 0 saturated carbocycles. The number of rotatable bonds is 3. The van der Waals surface area contributed by atoms with Crippen molar-refractivity contribution in [2.45, 2.75) is 38.1 Å². The summed E-state index contributed by atoms with van der Waals surface area (Å²) >= 11 is 0. The van der Waals surface area contributed by atoms with E-state index in [2.05, 4.69) is 0 Å². The molecule has 0 spiro atoms. The first-order chi connectivity index (χ1) is 8.09. The van der Waals surface area contributed by atoms with Crippen molar-refractivity contribution in [3.8, 4) is 5.75 Å². The maximum atomic E-state index is 10.8. The predicted molar refractivity (Wildman–Crippen MR) is 64.1 cm³/mol. The molecule has 0 fully saturated rings. The molecule has 2 rings (SSSR count). The molecule has 1 aromatic rings. The molecule has 0 aliphatic heterocycles. The van der Waals surface area contributed by atoms with Gasteiger partial charge in [0.1, 0.15) is 11.8 Å². The number of benzene rings is 1. The van der Waals surface area contributed by atoms with Crippen molar-refractivity contribution in [3.05, 3.63) is 28.8 Å². The van der Waals surface area contributed by atoms with Gasteiger partial charge in [0, 0.05) is 0 Å².